The van der Waals surface area contributed by atoms with Gasteiger partial charge in [-0.2, -0.15) is 5.26 Å². The minimum absolute atomic E-state index is 0.0591. The summed E-state index contributed by atoms with van der Waals surface area (Å²) in [6.45, 7) is 7.49. The van der Waals surface area contributed by atoms with Crippen molar-refractivity contribution in [3.05, 3.63) is 60.7 Å². The maximum absolute atomic E-state index is 9.46. The lowest BCUT2D eigenvalue weighted by Crippen LogP contribution is -2.29. The Morgan fingerprint density at radius 1 is 0.962 bits per heavy atom. The van der Waals surface area contributed by atoms with Crippen LogP contribution in [-0.2, 0) is 4.18 Å². The van der Waals surface area contributed by atoms with E-state index < -0.39 is 10.3 Å². The number of benzene rings is 2. The minimum Gasteiger partial charge on any atom is -0.327 e. The first-order valence-electron chi connectivity index (χ1n) is 9.46. The van der Waals surface area contributed by atoms with Crippen LogP contribution in [0.3, 0.4) is 0 Å². The van der Waals surface area contributed by atoms with Crippen LogP contribution in [0, 0.1) is 23.2 Å². The molecule has 3 heteroatoms. The Labute approximate surface area is 159 Å². The fourth-order valence-corrected chi connectivity index (χ4v) is 7.75. The lowest BCUT2D eigenvalue weighted by atomic mass is 9.99. The maximum atomic E-state index is 9.46. The third-order valence-electron chi connectivity index (χ3n) is 5.30. The molecule has 2 aromatic rings. The van der Waals surface area contributed by atoms with Crippen LogP contribution in [0.25, 0.3) is 0 Å². The molecule has 3 rings (SSSR count). The first-order valence-corrected chi connectivity index (χ1v) is 11.0. The third kappa shape index (κ3) is 3.54. The van der Waals surface area contributed by atoms with Crippen molar-refractivity contribution < 1.29 is 4.18 Å². The highest BCUT2D eigenvalue weighted by Crippen LogP contribution is 2.71. The van der Waals surface area contributed by atoms with Gasteiger partial charge in [0, 0.05) is 14.5 Å². The Morgan fingerprint density at radius 3 is 1.96 bits per heavy atom. The van der Waals surface area contributed by atoms with E-state index in [0.717, 1.165) is 19.3 Å². The number of rotatable bonds is 5. The molecular formula is C23H29NOS. The molecule has 0 aromatic heterocycles. The van der Waals surface area contributed by atoms with Crippen molar-refractivity contribution in [2.45, 2.75) is 54.6 Å². The van der Waals surface area contributed by atoms with E-state index in [9.17, 15) is 5.26 Å². The highest BCUT2D eigenvalue weighted by atomic mass is 32.3. The summed E-state index contributed by atoms with van der Waals surface area (Å²) < 4.78 is 6.86. The SMILES string of the molecule is CC(C)(C)S(OC[C@@H]1CCC[C@@H]1C#N)(c1ccccc1)c1ccccc1. The Balaban J connectivity index is 2.05. The zero-order valence-corrected chi connectivity index (χ0v) is 16.8. The van der Waals surface area contributed by atoms with E-state index in [0.29, 0.717) is 12.5 Å². The molecule has 0 spiro atoms. The normalized spacial score (nSPS) is 21.3. The Bertz CT molecular complexity index is 706. The molecule has 0 amide bonds. The molecule has 1 saturated carbocycles. The summed E-state index contributed by atoms with van der Waals surface area (Å²) in [5, 5.41) is 9.46. The first-order chi connectivity index (χ1) is 12.5. The Hall–Kier alpha value is -1.76. The predicted octanol–water partition coefficient (Wildman–Crippen LogP) is 6.58. The summed E-state index contributed by atoms with van der Waals surface area (Å²) in [5.74, 6) is 0.486. The van der Waals surface area contributed by atoms with Gasteiger partial charge in [-0.1, -0.05) is 53.1 Å². The minimum atomic E-state index is -1.70. The second-order valence-electron chi connectivity index (χ2n) is 8.01. The van der Waals surface area contributed by atoms with Gasteiger partial charge in [0.15, 0.2) is 0 Å². The summed E-state index contributed by atoms with van der Waals surface area (Å²) in [4.78, 5) is 2.51. The molecule has 0 N–H and O–H groups in total. The van der Waals surface area contributed by atoms with Gasteiger partial charge in [-0.15, -0.1) is 0 Å². The summed E-state index contributed by atoms with van der Waals surface area (Å²) in [7, 11) is -1.70. The molecule has 2 aromatic carbocycles. The average Bonchev–Trinajstić information content (AvgIpc) is 3.10. The van der Waals surface area contributed by atoms with Gasteiger partial charge in [-0.3, -0.25) is 0 Å². The van der Waals surface area contributed by atoms with Gasteiger partial charge in [0.1, 0.15) is 0 Å². The quantitative estimate of drug-likeness (QED) is 0.598. The molecule has 138 valence electrons. The molecule has 0 aliphatic heterocycles. The summed E-state index contributed by atoms with van der Waals surface area (Å²) in [5.41, 5.74) is 0. The van der Waals surface area contributed by atoms with Gasteiger partial charge < -0.3 is 4.18 Å². The van der Waals surface area contributed by atoms with Gasteiger partial charge in [0.05, 0.1) is 18.6 Å². The fourth-order valence-electron chi connectivity index (χ4n) is 3.98. The van der Waals surface area contributed by atoms with Gasteiger partial charge >= 0.3 is 0 Å². The molecule has 0 saturated heterocycles. The van der Waals surface area contributed by atoms with Crippen molar-refractivity contribution in [1.82, 2.24) is 0 Å². The van der Waals surface area contributed by atoms with Crippen molar-refractivity contribution in [2.24, 2.45) is 11.8 Å². The van der Waals surface area contributed by atoms with Crippen molar-refractivity contribution in [3.8, 4) is 6.07 Å². The number of hydrogen-bond acceptors (Lipinski definition) is 2. The second kappa shape index (κ2) is 7.86. The number of nitriles is 1. The van der Waals surface area contributed by atoms with Crippen LogP contribution in [0.5, 0.6) is 0 Å². The average molecular weight is 368 g/mol. The third-order valence-corrected chi connectivity index (χ3v) is 9.38. The summed E-state index contributed by atoms with van der Waals surface area (Å²) in [6.07, 6.45) is 3.25. The van der Waals surface area contributed by atoms with E-state index in [4.69, 9.17) is 4.18 Å². The Kier molecular flexibility index (Phi) is 5.75. The summed E-state index contributed by atoms with van der Waals surface area (Å²) in [6, 6.07) is 23.8. The van der Waals surface area contributed by atoms with E-state index in [1.165, 1.54) is 9.79 Å². The van der Waals surface area contributed by atoms with Crippen molar-refractivity contribution in [3.63, 3.8) is 0 Å². The van der Waals surface area contributed by atoms with Gasteiger partial charge in [0.2, 0.25) is 0 Å². The topological polar surface area (TPSA) is 33.0 Å². The monoisotopic (exact) mass is 367 g/mol. The van der Waals surface area contributed by atoms with Crippen molar-refractivity contribution in [1.29, 1.82) is 5.26 Å². The van der Waals surface area contributed by atoms with Crippen LogP contribution in [0.15, 0.2) is 70.5 Å². The van der Waals surface area contributed by atoms with Crippen molar-refractivity contribution >= 4 is 10.3 Å². The molecule has 2 nitrogen and oxygen atoms in total. The molecule has 0 heterocycles. The zero-order valence-electron chi connectivity index (χ0n) is 16.0. The van der Waals surface area contributed by atoms with Crippen LogP contribution in [-0.4, -0.2) is 11.4 Å². The molecule has 1 aliphatic carbocycles. The van der Waals surface area contributed by atoms with Crippen molar-refractivity contribution in [2.75, 3.05) is 6.61 Å². The van der Waals surface area contributed by atoms with E-state index in [-0.39, 0.29) is 10.7 Å². The van der Waals surface area contributed by atoms with Crippen LogP contribution in [0.2, 0.25) is 0 Å². The first kappa shape index (κ1) is 19.0. The lowest BCUT2D eigenvalue weighted by Gasteiger charge is -2.50. The van der Waals surface area contributed by atoms with E-state index in [1.807, 2.05) is 0 Å². The molecule has 0 bridgehead atoms. The second-order valence-corrected chi connectivity index (χ2v) is 11.5. The maximum Gasteiger partial charge on any atom is 0.0659 e. The van der Waals surface area contributed by atoms with E-state index in [2.05, 4.69) is 87.5 Å². The molecule has 1 aliphatic rings. The number of hydrogen-bond donors (Lipinski definition) is 0. The standard InChI is InChI=1S/C23H29NOS/c1-23(2,3)26(21-13-6-4-7-14-21,22-15-8-5-9-16-22)25-18-20-12-10-11-19(20)17-24/h4-9,13-16,19-20H,10-12,18H2,1-3H3/t19-,20+/m1/s1. The van der Waals surface area contributed by atoms with Gasteiger partial charge in [-0.25, -0.2) is 0 Å². The van der Waals surface area contributed by atoms with E-state index >= 15 is 0 Å². The highest BCUT2D eigenvalue weighted by molar-refractivity contribution is 8.31. The molecule has 2 atom stereocenters. The molecular weight excluding hydrogens is 338 g/mol. The van der Waals surface area contributed by atoms with Gasteiger partial charge in [0.25, 0.3) is 0 Å². The highest BCUT2D eigenvalue weighted by Gasteiger charge is 2.42. The molecule has 1 fully saturated rings. The van der Waals surface area contributed by atoms with Crippen LogP contribution in [0.4, 0.5) is 0 Å². The van der Waals surface area contributed by atoms with Crippen LogP contribution >= 0.6 is 10.3 Å². The lowest BCUT2D eigenvalue weighted by molar-refractivity contribution is 0.251. The van der Waals surface area contributed by atoms with E-state index in [1.54, 1.807) is 0 Å². The predicted molar refractivity (Wildman–Crippen MR) is 109 cm³/mol. The number of nitrogens with zero attached hydrogens (tertiary/aromatic N) is 1. The molecule has 0 unspecified atom stereocenters. The van der Waals surface area contributed by atoms with Gasteiger partial charge in [-0.05, 0) is 63.8 Å². The smallest absolute Gasteiger partial charge is 0.0659 e. The largest absolute Gasteiger partial charge is 0.327 e. The van der Waals surface area contributed by atoms with Crippen LogP contribution < -0.4 is 0 Å². The summed E-state index contributed by atoms with van der Waals surface area (Å²) >= 11 is 0. The Morgan fingerprint density at radius 2 is 1.50 bits per heavy atom. The molecule has 26 heavy (non-hydrogen) atoms. The zero-order chi connectivity index (χ0) is 18.6. The van der Waals surface area contributed by atoms with Crippen LogP contribution in [0.1, 0.15) is 40.0 Å². The fraction of sp³-hybridized carbons (Fsp3) is 0.435. The molecule has 0 radical (unpaired) electrons.